The molecule has 0 unspecified atom stereocenters. The second kappa shape index (κ2) is 7.06. The number of aromatic nitrogens is 1. The van der Waals surface area contributed by atoms with Gasteiger partial charge in [-0.1, -0.05) is 18.2 Å². The molecule has 3 amide bonds. The first kappa shape index (κ1) is 17.6. The van der Waals surface area contributed by atoms with Gasteiger partial charge in [-0.25, -0.2) is 9.78 Å². The molecule has 0 spiro atoms. The summed E-state index contributed by atoms with van der Waals surface area (Å²) in [4.78, 5) is 30.9. The minimum Gasteiger partial charge on any atom is -0.446 e. The fraction of sp³-hybridized carbons (Fsp3) is 0.450. The topological polar surface area (TPSA) is 87.5 Å². The van der Waals surface area contributed by atoms with Crippen molar-refractivity contribution in [3.63, 3.8) is 0 Å². The van der Waals surface area contributed by atoms with Crippen LogP contribution >= 0.6 is 0 Å². The molecule has 2 aliphatic carbocycles. The summed E-state index contributed by atoms with van der Waals surface area (Å²) >= 11 is 0. The van der Waals surface area contributed by atoms with Crippen LogP contribution in [0.1, 0.15) is 53.2 Å². The number of amides is 3. The van der Waals surface area contributed by atoms with E-state index in [9.17, 15) is 9.59 Å². The van der Waals surface area contributed by atoms with Crippen molar-refractivity contribution in [3.8, 4) is 0 Å². The van der Waals surface area contributed by atoms with Crippen molar-refractivity contribution in [2.24, 2.45) is 0 Å². The molecular weight excluding hydrogens is 344 g/mol. The molecule has 142 valence electrons. The van der Waals surface area contributed by atoms with Crippen molar-refractivity contribution < 1.29 is 14.0 Å². The van der Waals surface area contributed by atoms with Crippen molar-refractivity contribution in [3.05, 3.63) is 47.2 Å². The minimum atomic E-state index is -0.217. The summed E-state index contributed by atoms with van der Waals surface area (Å²) in [5.41, 5.74) is 3.15. The molecule has 0 aliphatic heterocycles. The molecule has 0 radical (unpaired) electrons. The zero-order chi connectivity index (χ0) is 19.0. The Morgan fingerprint density at radius 2 is 1.89 bits per heavy atom. The smallest absolute Gasteiger partial charge is 0.322 e. The molecule has 2 N–H and O–H groups in total. The highest BCUT2D eigenvalue weighted by Crippen LogP contribution is 2.30. The van der Waals surface area contributed by atoms with Gasteiger partial charge in [0.1, 0.15) is 6.26 Å². The number of nitrogens with zero attached hydrogens (tertiary/aromatic N) is 2. The van der Waals surface area contributed by atoms with Crippen LogP contribution in [0.2, 0.25) is 0 Å². The summed E-state index contributed by atoms with van der Waals surface area (Å²) < 4.78 is 5.45. The summed E-state index contributed by atoms with van der Waals surface area (Å²) in [6.45, 7) is 4.20. The third-order valence-electron chi connectivity index (χ3n) is 4.96. The maximum absolute atomic E-state index is 12.9. The standard InChI is InChI=1S/C20H24N4O3/c1-12-4-3-5-13(2)18(12)23-20(26)24(15-8-9-15)10-17-22-16(11-27-17)19(25)21-14-6-7-14/h3-5,11,14-15H,6-10H2,1-2H3,(H,21,25)(H,23,26). The number of nitrogens with one attached hydrogen (secondary N) is 2. The predicted octanol–water partition coefficient (Wildman–Crippen LogP) is 3.38. The lowest BCUT2D eigenvalue weighted by molar-refractivity contribution is 0.0946. The molecule has 1 heterocycles. The molecule has 1 aromatic carbocycles. The van der Waals surface area contributed by atoms with E-state index < -0.39 is 0 Å². The lowest BCUT2D eigenvalue weighted by atomic mass is 10.1. The van der Waals surface area contributed by atoms with Crippen LogP contribution in [0.3, 0.4) is 0 Å². The monoisotopic (exact) mass is 368 g/mol. The van der Waals surface area contributed by atoms with Crippen molar-refractivity contribution >= 4 is 17.6 Å². The molecule has 7 nitrogen and oxygen atoms in total. The number of para-hydroxylation sites is 1. The Morgan fingerprint density at radius 3 is 2.52 bits per heavy atom. The zero-order valence-corrected chi connectivity index (χ0v) is 15.6. The Labute approximate surface area is 158 Å². The van der Waals surface area contributed by atoms with Crippen molar-refractivity contribution in [1.29, 1.82) is 0 Å². The van der Waals surface area contributed by atoms with Gasteiger partial charge in [-0.2, -0.15) is 0 Å². The number of aryl methyl sites for hydroxylation is 2. The number of rotatable bonds is 6. The molecular formula is C20H24N4O3. The molecule has 0 saturated heterocycles. The van der Waals surface area contributed by atoms with Crippen LogP contribution in [0.25, 0.3) is 0 Å². The van der Waals surface area contributed by atoms with Gasteiger partial charge in [0.05, 0.1) is 6.54 Å². The number of hydrogen-bond donors (Lipinski definition) is 2. The number of carbonyl (C=O) groups excluding carboxylic acids is 2. The number of benzene rings is 1. The van der Waals surface area contributed by atoms with Crippen LogP contribution in [-0.4, -0.2) is 33.9 Å². The second-order valence-electron chi connectivity index (χ2n) is 7.43. The highest BCUT2D eigenvalue weighted by Gasteiger charge is 2.34. The quantitative estimate of drug-likeness (QED) is 0.818. The van der Waals surface area contributed by atoms with E-state index in [4.69, 9.17) is 4.42 Å². The Hall–Kier alpha value is -2.83. The fourth-order valence-electron chi connectivity index (χ4n) is 3.06. The highest BCUT2D eigenvalue weighted by atomic mass is 16.3. The van der Waals surface area contributed by atoms with Crippen molar-refractivity contribution in [2.75, 3.05) is 5.32 Å². The van der Waals surface area contributed by atoms with E-state index in [0.717, 1.165) is 42.5 Å². The molecule has 2 saturated carbocycles. The van der Waals surface area contributed by atoms with E-state index in [2.05, 4.69) is 15.6 Å². The van der Waals surface area contributed by atoms with Crippen LogP contribution in [0.5, 0.6) is 0 Å². The van der Waals surface area contributed by atoms with Crippen molar-refractivity contribution in [1.82, 2.24) is 15.2 Å². The number of carbonyl (C=O) groups is 2. The molecule has 7 heteroatoms. The zero-order valence-electron chi connectivity index (χ0n) is 15.6. The van der Waals surface area contributed by atoms with Gasteiger partial charge in [0.25, 0.3) is 5.91 Å². The average Bonchev–Trinajstić information content (AvgIpc) is 3.56. The molecule has 2 fully saturated rings. The van der Waals surface area contributed by atoms with Gasteiger partial charge < -0.3 is 20.0 Å². The normalized spacial score (nSPS) is 16.1. The van der Waals surface area contributed by atoms with Crippen LogP contribution < -0.4 is 10.6 Å². The molecule has 1 aromatic heterocycles. The van der Waals surface area contributed by atoms with E-state index in [1.807, 2.05) is 32.0 Å². The number of oxazole rings is 1. The van der Waals surface area contributed by atoms with Crippen LogP contribution in [-0.2, 0) is 6.54 Å². The largest absolute Gasteiger partial charge is 0.446 e. The Morgan fingerprint density at radius 1 is 1.19 bits per heavy atom. The van der Waals surface area contributed by atoms with E-state index in [-0.39, 0.29) is 36.3 Å². The third kappa shape index (κ3) is 4.13. The maximum atomic E-state index is 12.9. The van der Waals surface area contributed by atoms with Crippen LogP contribution in [0.4, 0.5) is 10.5 Å². The Bertz CT molecular complexity index is 848. The lowest BCUT2D eigenvalue weighted by Gasteiger charge is -2.22. The Balaban J connectivity index is 1.44. The van der Waals surface area contributed by atoms with Crippen molar-refractivity contribution in [2.45, 2.75) is 58.2 Å². The molecule has 0 bridgehead atoms. The molecule has 27 heavy (non-hydrogen) atoms. The summed E-state index contributed by atoms with van der Waals surface area (Å²) in [5, 5.41) is 5.91. The number of anilines is 1. The van der Waals surface area contributed by atoms with E-state index in [1.165, 1.54) is 6.26 Å². The SMILES string of the molecule is Cc1cccc(C)c1NC(=O)N(Cc1nc(C(=O)NC2CC2)co1)C1CC1. The first-order chi connectivity index (χ1) is 13.0. The second-order valence-corrected chi connectivity index (χ2v) is 7.43. The predicted molar refractivity (Wildman–Crippen MR) is 100 cm³/mol. The molecule has 2 aliphatic rings. The molecule has 0 atom stereocenters. The maximum Gasteiger partial charge on any atom is 0.322 e. The van der Waals surface area contributed by atoms with E-state index in [1.54, 1.807) is 4.90 Å². The van der Waals surface area contributed by atoms with E-state index in [0.29, 0.717) is 5.89 Å². The first-order valence-electron chi connectivity index (χ1n) is 9.40. The summed E-state index contributed by atoms with van der Waals surface area (Å²) in [5.74, 6) is 0.157. The van der Waals surface area contributed by atoms with Crippen LogP contribution in [0, 0.1) is 13.8 Å². The summed E-state index contributed by atoms with van der Waals surface area (Å²) in [6, 6.07) is 6.21. The molecule has 4 rings (SSSR count). The van der Waals surface area contributed by atoms with Gasteiger partial charge in [-0.3, -0.25) is 4.79 Å². The number of urea groups is 1. The highest BCUT2D eigenvalue weighted by molar-refractivity contribution is 5.92. The lowest BCUT2D eigenvalue weighted by Crippen LogP contribution is -2.36. The van der Waals surface area contributed by atoms with Gasteiger partial charge in [-0.15, -0.1) is 0 Å². The van der Waals surface area contributed by atoms with Gasteiger partial charge in [0.15, 0.2) is 5.69 Å². The third-order valence-corrected chi connectivity index (χ3v) is 4.96. The van der Waals surface area contributed by atoms with Gasteiger partial charge in [0, 0.05) is 17.8 Å². The Kier molecular flexibility index (Phi) is 4.59. The van der Waals surface area contributed by atoms with Gasteiger partial charge in [0.2, 0.25) is 5.89 Å². The van der Waals surface area contributed by atoms with Gasteiger partial charge in [-0.05, 0) is 50.7 Å². The summed E-state index contributed by atoms with van der Waals surface area (Å²) in [7, 11) is 0. The van der Waals surface area contributed by atoms with Gasteiger partial charge >= 0.3 is 6.03 Å². The first-order valence-corrected chi connectivity index (χ1v) is 9.40. The number of hydrogen-bond acceptors (Lipinski definition) is 4. The fourth-order valence-corrected chi connectivity index (χ4v) is 3.06. The minimum absolute atomic E-state index is 0.169. The van der Waals surface area contributed by atoms with Crippen LogP contribution in [0.15, 0.2) is 28.9 Å². The van der Waals surface area contributed by atoms with E-state index >= 15 is 0 Å². The molecule has 2 aromatic rings. The average molecular weight is 368 g/mol. The summed E-state index contributed by atoms with van der Waals surface area (Å²) in [6.07, 6.45) is 5.34.